The highest BCUT2D eigenvalue weighted by Gasteiger charge is 2.34. The summed E-state index contributed by atoms with van der Waals surface area (Å²) in [7, 11) is -3.20. The van der Waals surface area contributed by atoms with E-state index in [0.717, 1.165) is 25.7 Å². The van der Waals surface area contributed by atoms with Gasteiger partial charge in [0.15, 0.2) is 0 Å². The van der Waals surface area contributed by atoms with Crippen molar-refractivity contribution in [3.63, 3.8) is 0 Å². The Morgan fingerprint density at radius 1 is 0.850 bits per heavy atom. The van der Waals surface area contributed by atoms with Gasteiger partial charge in [0.1, 0.15) is 0 Å². The van der Waals surface area contributed by atoms with E-state index < -0.39 is 10.2 Å². The zero-order valence-electron chi connectivity index (χ0n) is 11.7. The number of nitrogens with zero attached hydrogens (tertiary/aromatic N) is 2. The molecule has 5 heteroatoms. The van der Waals surface area contributed by atoms with E-state index in [-0.39, 0.29) is 0 Å². The van der Waals surface area contributed by atoms with E-state index in [4.69, 9.17) is 0 Å². The molecule has 0 amide bonds. The van der Waals surface area contributed by atoms with Crippen molar-refractivity contribution in [2.75, 3.05) is 26.2 Å². The molecule has 0 N–H and O–H groups in total. The van der Waals surface area contributed by atoms with Crippen molar-refractivity contribution in [3.8, 4) is 0 Å². The van der Waals surface area contributed by atoms with Crippen LogP contribution in [0.5, 0.6) is 0 Å². The molecule has 2 aliphatic rings. The Morgan fingerprint density at radius 2 is 1.40 bits per heavy atom. The highest BCUT2D eigenvalue weighted by molar-refractivity contribution is 7.86. The zero-order chi connectivity index (χ0) is 14.0. The van der Waals surface area contributed by atoms with Crippen molar-refractivity contribution in [1.29, 1.82) is 0 Å². The molecule has 4 nitrogen and oxygen atoms in total. The SMILES string of the molecule is O=S(=O)(N1CCCC1)N1CCC(c2ccccc2)CC1. The van der Waals surface area contributed by atoms with Gasteiger partial charge in [0.25, 0.3) is 10.2 Å². The summed E-state index contributed by atoms with van der Waals surface area (Å²) < 4.78 is 28.3. The van der Waals surface area contributed by atoms with Crippen LogP contribution in [0, 0.1) is 0 Å². The molecule has 0 atom stereocenters. The largest absolute Gasteiger partial charge is 0.281 e. The van der Waals surface area contributed by atoms with Gasteiger partial charge in [-0.05, 0) is 37.2 Å². The third-order valence-electron chi connectivity index (χ3n) is 4.44. The number of piperidine rings is 1. The molecule has 1 aromatic carbocycles. The lowest BCUT2D eigenvalue weighted by Gasteiger charge is -2.33. The first-order chi connectivity index (χ1) is 9.68. The zero-order valence-corrected chi connectivity index (χ0v) is 12.6. The summed E-state index contributed by atoms with van der Waals surface area (Å²) in [6.45, 7) is 2.69. The summed E-state index contributed by atoms with van der Waals surface area (Å²) in [4.78, 5) is 0. The summed E-state index contributed by atoms with van der Waals surface area (Å²) in [5.41, 5.74) is 1.34. The van der Waals surface area contributed by atoms with E-state index in [1.807, 2.05) is 6.07 Å². The third kappa shape index (κ3) is 2.75. The van der Waals surface area contributed by atoms with E-state index >= 15 is 0 Å². The molecule has 0 spiro atoms. The quantitative estimate of drug-likeness (QED) is 0.857. The summed E-state index contributed by atoms with van der Waals surface area (Å²) in [5.74, 6) is 0.501. The van der Waals surface area contributed by atoms with Crippen molar-refractivity contribution in [3.05, 3.63) is 35.9 Å². The molecule has 0 unspecified atom stereocenters. The Kier molecular flexibility index (Phi) is 4.10. The summed E-state index contributed by atoms with van der Waals surface area (Å²) >= 11 is 0. The van der Waals surface area contributed by atoms with Gasteiger partial charge in [-0.1, -0.05) is 30.3 Å². The number of rotatable bonds is 3. The fraction of sp³-hybridized carbons (Fsp3) is 0.600. The minimum absolute atomic E-state index is 0.501. The highest BCUT2D eigenvalue weighted by atomic mass is 32.2. The second-order valence-corrected chi connectivity index (χ2v) is 7.63. The molecule has 0 bridgehead atoms. The second kappa shape index (κ2) is 5.84. The lowest BCUT2D eigenvalue weighted by atomic mass is 9.90. The number of hydrogen-bond donors (Lipinski definition) is 0. The van der Waals surface area contributed by atoms with Gasteiger partial charge < -0.3 is 0 Å². The van der Waals surface area contributed by atoms with Crippen LogP contribution in [0.2, 0.25) is 0 Å². The average molecular weight is 294 g/mol. The van der Waals surface area contributed by atoms with Gasteiger partial charge in [0.2, 0.25) is 0 Å². The molecule has 20 heavy (non-hydrogen) atoms. The van der Waals surface area contributed by atoms with Gasteiger partial charge in [-0.25, -0.2) is 0 Å². The van der Waals surface area contributed by atoms with Crippen LogP contribution in [0.4, 0.5) is 0 Å². The van der Waals surface area contributed by atoms with Gasteiger partial charge in [0, 0.05) is 26.2 Å². The fourth-order valence-corrected chi connectivity index (χ4v) is 4.95. The Hall–Kier alpha value is -0.910. The van der Waals surface area contributed by atoms with Crippen LogP contribution in [0.25, 0.3) is 0 Å². The molecule has 0 aliphatic carbocycles. The molecule has 2 heterocycles. The van der Waals surface area contributed by atoms with Crippen LogP contribution in [0.15, 0.2) is 30.3 Å². The predicted molar refractivity (Wildman–Crippen MR) is 79.7 cm³/mol. The molecule has 1 aromatic rings. The van der Waals surface area contributed by atoms with Crippen molar-refractivity contribution in [2.45, 2.75) is 31.6 Å². The first kappa shape index (κ1) is 14.0. The molecule has 0 saturated carbocycles. The summed E-state index contributed by atoms with van der Waals surface area (Å²) in [5, 5.41) is 0. The van der Waals surface area contributed by atoms with Crippen LogP contribution in [0.1, 0.15) is 37.2 Å². The van der Waals surface area contributed by atoms with Crippen molar-refractivity contribution in [2.24, 2.45) is 0 Å². The van der Waals surface area contributed by atoms with Crippen molar-refractivity contribution < 1.29 is 8.42 Å². The molecule has 3 rings (SSSR count). The molecular formula is C15H22N2O2S. The first-order valence-electron chi connectivity index (χ1n) is 7.48. The van der Waals surface area contributed by atoms with Crippen LogP contribution in [-0.2, 0) is 10.2 Å². The molecule has 0 aromatic heterocycles. The van der Waals surface area contributed by atoms with Crippen LogP contribution >= 0.6 is 0 Å². The molecule has 2 saturated heterocycles. The van der Waals surface area contributed by atoms with Crippen LogP contribution in [-0.4, -0.2) is 43.2 Å². The Morgan fingerprint density at radius 3 is 2.00 bits per heavy atom. The maximum absolute atomic E-state index is 12.5. The van der Waals surface area contributed by atoms with Gasteiger partial charge >= 0.3 is 0 Å². The van der Waals surface area contributed by atoms with E-state index in [0.29, 0.717) is 32.1 Å². The van der Waals surface area contributed by atoms with Crippen LogP contribution < -0.4 is 0 Å². The topological polar surface area (TPSA) is 40.6 Å². The minimum atomic E-state index is -3.20. The third-order valence-corrected chi connectivity index (χ3v) is 6.48. The van der Waals surface area contributed by atoms with E-state index in [2.05, 4.69) is 24.3 Å². The molecule has 2 fully saturated rings. The predicted octanol–water partition coefficient (Wildman–Crippen LogP) is 2.21. The van der Waals surface area contributed by atoms with Gasteiger partial charge in [0.05, 0.1) is 0 Å². The highest BCUT2D eigenvalue weighted by Crippen LogP contribution is 2.30. The fourth-order valence-electron chi connectivity index (χ4n) is 3.23. The standard InChI is InChI=1S/C15H22N2O2S/c18-20(19,16-10-4-5-11-16)17-12-8-15(9-13-17)14-6-2-1-3-7-14/h1-3,6-7,15H,4-5,8-13H2. The van der Waals surface area contributed by atoms with E-state index in [1.54, 1.807) is 8.61 Å². The molecular weight excluding hydrogens is 272 g/mol. The Balaban J connectivity index is 1.64. The van der Waals surface area contributed by atoms with Gasteiger partial charge in [-0.3, -0.25) is 0 Å². The minimum Gasteiger partial charge on any atom is -0.195 e. The lowest BCUT2D eigenvalue weighted by Crippen LogP contribution is -2.45. The monoisotopic (exact) mass is 294 g/mol. The maximum atomic E-state index is 12.5. The normalized spacial score (nSPS) is 23.2. The van der Waals surface area contributed by atoms with Gasteiger partial charge in [-0.2, -0.15) is 17.0 Å². The summed E-state index contributed by atoms with van der Waals surface area (Å²) in [6, 6.07) is 10.4. The first-order valence-corrected chi connectivity index (χ1v) is 8.88. The maximum Gasteiger partial charge on any atom is 0.281 e. The van der Waals surface area contributed by atoms with Crippen molar-refractivity contribution >= 4 is 10.2 Å². The van der Waals surface area contributed by atoms with Crippen LogP contribution in [0.3, 0.4) is 0 Å². The Labute approximate surface area is 121 Å². The number of hydrogen-bond acceptors (Lipinski definition) is 2. The molecule has 0 radical (unpaired) electrons. The smallest absolute Gasteiger partial charge is 0.195 e. The molecule has 2 aliphatic heterocycles. The lowest BCUT2D eigenvalue weighted by molar-refractivity contribution is 0.296. The average Bonchev–Trinajstić information content (AvgIpc) is 3.03. The number of benzene rings is 1. The van der Waals surface area contributed by atoms with E-state index in [1.165, 1.54) is 5.56 Å². The van der Waals surface area contributed by atoms with Gasteiger partial charge in [-0.15, -0.1) is 0 Å². The molecule has 110 valence electrons. The summed E-state index contributed by atoms with van der Waals surface area (Å²) in [6.07, 6.45) is 3.85. The Bertz CT molecular complexity index is 530. The van der Waals surface area contributed by atoms with E-state index in [9.17, 15) is 8.42 Å². The second-order valence-electron chi connectivity index (χ2n) is 5.70. The van der Waals surface area contributed by atoms with Crippen molar-refractivity contribution in [1.82, 2.24) is 8.61 Å².